The molecule has 2 aliphatic heterocycles. The van der Waals surface area contributed by atoms with Gasteiger partial charge in [0.15, 0.2) is 0 Å². The maximum atomic E-state index is 13.8. The summed E-state index contributed by atoms with van der Waals surface area (Å²) in [5.41, 5.74) is 5.52. The van der Waals surface area contributed by atoms with E-state index in [0.717, 1.165) is 27.3 Å². The number of β-amino-alcohol motifs (C(OH)–C–C–N with tert-alkyl or cyclic N) is 1. The molecule has 9 heteroatoms. The molecule has 0 bridgehead atoms. The second-order valence-electron chi connectivity index (χ2n) is 10.8. The summed E-state index contributed by atoms with van der Waals surface area (Å²) in [7, 11) is 1.83. The number of aromatic nitrogens is 3. The van der Waals surface area contributed by atoms with Gasteiger partial charge in [-0.1, -0.05) is 38.1 Å². The number of rotatable bonds is 6. The SMILES string of the molecule is Cc1ncsc1-c1ccc([C@]2(C)CC(C3C[C@@H](O)CN3C(=O)C(c3cnn(C)c3)C(C)C)=NC2=O)cc1. The number of amides is 2. The third-order valence-corrected chi connectivity index (χ3v) is 8.72. The number of carbonyl (C=O) groups excluding carboxylic acids is 2. The van der Waals surface area contributed by atoms with Crippen molar-refractivity contribution in [2.45, 2.75) is 64.0 Å². The Bertz CT molecular complexity index is 1360. The molecule has 1 saturated heterocycles. The molecule has 0 radical (unpaired) electrons. The average molecular weight is 520 g/mol. The zero-order chi connectivity index (χ0) is 26.5. The Morgan fingerprint density at radius 3 is 2.57 bits per heavy atom. The lowest BCUT2D eigenvalue weighted by atomic mass is 9.78. The van der Waals surface area contributed by atoms with E-state index in [1.54, 1.807) is 27.1 Å². The van der Waals surface area contributed by atoms with Gasteiger partial charge in [-0.15, -0.1) is 11.3 Å². The Morgan fingerprint density at radius 1 is 1.24 bits per heavy atom. The van der Waals surface area contributed by atoms with Gasteiger partial charge in [-0.3, -0.25) is 14.3 Å². The molecule has 194 valence electrons. The number of carbonyl (C=O) groups is 2. The minimum Gasteiger partial charge on any atom is -0.391 e. The Morgan fingerprint density at radius 2 is 1.97 bits per heavy atom. The van der Waals surface area contributed by atoms with Crippen molar-refractivity contribution >= 4 is 28.9 Å². The van der Waals surface area contributed by atoms with Crippen molar-refractivity contribution in [1.29, 1.82) is 0 Å². The van der Waals surface area contributed by atoms with Crippen LogP contribution >= 0.6 is 11.3 Å². The van der Waals surface area contributed by atoms with E-state index in [-0.39, 0.29) is 30.2 Å². The van der Waals surface area contributed by atoms with Crippen molar-refractivity contribution in [2.75, 3.05) is 6.54 Å². The second-order valence-corrected chi connectivity index (χ2v) is 11.7. The third kappa shape index (κ3) is 4.55. The first-order valence-electron chi connectivity index (χ1n) is 12.7. The van der Waals surface area contributed by atoms with Gasteiger partial charge in [0.2, 0.25) is 5.91 Å². The van der Waals surface area contributed by atoms with Crippen molar-refractivity contribution in [1.82, 2.24) is 19.7 Å². The van der Waals surface area contributed by atoms with E-state index >= 15 is 0 Å². The van der Waals surface area contributed by atoms with Gasteiger partial charge in [-0.05, 0) is 30.9 Å². The molecule has 0 aliphatic carbocycles. The van der Waals surface area contributed by atoms with Crippen LogP contribution in [0.15, 0.2) is 47.2 Å². The van der Waals surface area contributed by atoms with Gasteiger partial charge >= 0.3 is 0 Å². The smallest absolute Gasteiger partial charge is 0.256 e. The molecule has 1 aromatic carbocycles. The van der Waals surface area contributed by atoms with Crippen LogP contribution in [0.2, 0.25) is 0 Å². The van der Waals surface area contributed by atoms with Crippen molar-refractivity contribution < 1.29 is 14.7 Å². The quantitative estimate of drug-likeness (QED) is 0.533. The standard InChI is InChI=1S/C28H33N5O3S/c1-16(2)24(19-12-30-32(5)13-19)26(35)33-14-21(34)10-23(33)22-11-28(4,27(36)31-22)20-8-6-18(7-9-20)25-17(3)29-15-37-25/h6-9,12-13,15-16,21,23-24,34H,10-11,14H2,1-5H3/t21-,23?,24?,28+/m1/s1. The van der Waals surface area contributed by atoms with Gasteiger partial charge in [0.05, 0.1) is 45.8 Å². The van der Waals surface area contributed by atoms with Crippen molar-refractivity contribution in [2.24, 2.45) is 18.0 Å². The van der Waals surface area contributed by atoms with Crippen molar-refractivity contribution in [3.63, 3.8) is 0 Å². The molecule has 0 saturated carbocycles. The minimum absolute atomic E-state index is 0.0493. The summed E-state index contributed by atoms with van der Waals surface area (Å²) in [5, 5.41) is 14.8. The fourth-order valence-electron chi connectivity index (χ4n) is 5.68. The molecular formula is C28H33N5O3S. The van der Waals surface area contributed by atoms with Gasteiger partial charge in [-0.2, -0.15) is 5.10 Å². The monoisotopic (exact) mass is 519 g/mol. The highest BCUT2D eigenvalue weighted by Crippen LogP contribution is 2.39. The lowest BCUT2D eigenvalue weighted by Gasteiger charge is -2.31. The first kappa shape index (κ1) is 25.5. The molecule has 2 amide bonds. The second kappa shape index (κ2) is 9.61. The molecule has 5 rings (SSSR count). The lowest BCUT2D eigenvalue weighted by Crippen LogP contribution is -2.44. The first-order valence-corrected chi connectivity index (χ1v) is 13.6. The van der Waals surface area contributed by atoms with Crippen LogP contribution in [0.1, 0.15) is 56.4 Å². The van der Waals surface area contributed by atoms with Gasteiger partial charge in [0.25, 0.3) is 5.91 Å². The number of benzene rings is 1. The zero-order valence-electron chi connectivity index (χ0n) is 21.9. The summed E-state index contributed by atoms with van der Waals surface area (Å²) in [4.78, 5) is 38.8. The van der Waals surface area contributed by atoms with Crippen LogP contribution in [-0.4, -0.2) is 61.0 Å². The van der Waals surface area contributed by atoms with Gasteiger partial charge in [-0.25, -0.2) is 9.98 Å². The fourth-order valence-corrected chi connectivity index (χ4v) is 6.49. The number of aliphatic hydroxyl groups excluding tert-OH is 1. The molecule has 37 heavy (non-hydrogen) atoms. The van der Waals surface area contributed by atoms with Crippen molar-refractivity contribution in [3.8, 4) is 10.4 Å². The van der Waals surface area contributed by atoms with Gasteiger partial charge in [0.1, 0.15) is 0 Å². The van der Waals surface area contributed by atoms with Crippen LogP contribution in [-0.2, 0) is 22.1 Å². The summed E-state index contributed by atoms with van der Waals surface area (Å²) in [6, 6.07) is 7.65. The van der Waals surface area contributed by atoms with Crippen LogP contribution in [0, 0.1) is 12.8 Å². The van der Waals surface area contributed by atoms with E-state index in [2.05, 4.69) is 15.1 Å². The van der Waals surface area contributed by atoms with E-state index in [1.165, 1.54) is 0 Å². The van der Waals surface area contributed by atoms with Crippen molar-refractivity contribution in [3.05, 3.63) is 59.0 Å². The lowest BCUT2D eigenvalue weighted by molar-refractivity contribution is -0.134. The van der Waals surface area contributed by atoms with Crippen LogP contribution in [0.25, 0.3) is 10.4 Å². The normalized spacial score (nSPS) is 24.7. The molecule has 1 N–H and O–H groups in total. The molecule has 8 nitrogen and oxygen atoms in total. The molecule has 4 heterocycles. The molecule has 2 unspecified atom stereocenters. The van der Waals surface area contributed by atoms with Gasteiger partial charge < -0.3 is 10.0 Å². The summed E-state index contributed by atoms with van der Waals surface area (Å²) in [6.07, 6.45) is 3.76. The first-order chi connectivity index (χ1) is 17.6. The maximum Gasteiger partial charge on any atom is 0.256 e. The third-order valence-electron chi connectivity index (χ3n) is 7.75. The molecule has 2 aliphatic rings. The number of thiazole rings is 1. The summed E-state index contributed by atoms with van der Waals surface area (Å²) in [5.74, 6) is -0.593. The molecule has 3 aromatic rings. The number of aliphatic imine (C=N–C) groups is 1. The van der Waals surface area contributed by atoms with E-state index in [4.69, 9.17) is 0 Å². The molecular weight excluding hydrogens is 486 g/mol. The Labute approximate surface area is 221 Å². The highest BCUT2D eigenvalue weighted by molar-refractivity contribution is 7.13. The number of aliphatic hydroxyl groups is 1. The van der Waals surface area contributed by atoms with E-state index < -0.39 is 17.6 Å². The molecule has 1 fully saturated rings. The molecule has 2 aromatic heterocycles. The van der Waals surface area contributed by atoms with Crippen LogP contribution < -0.4 is 0 Å². The Balaban J connectivity index is 1.39. The summed E-state index contributed by atoms with van der Waals surface area (Å²) in [6.45, 7) is 8.18. The van der Waals surface area contributed by atoms with E-state index in [9.17, 15) is 14.7 Å². The maximum absolute atomic E-state index is 13.8. The highest BCUT2D eigenvalue weighted by Gasteiger charge is 2.48. The number of hydrogen-bond donors (Lipinski definition) is 1. The van der Waals surface area contributed by atoms with E-state index in [1.807, 2.05) is 70.7 Å². The number of likely N-dealkylation sites (tertiary alicyclic amines) is 1. The zero-order valence-corrected chi connectivity index (χ0v) is 22.7. The fraction of sp³-hybridized carbons (Fsp3) is 0.464. The van der Waals surface area contributed by atoms with Crippen LogP contribution in [0.4, 0.5) is 0 Å². The topological polar surface area (TPSA) is 101 Å². The Hall–Kier alpha value is -3.17. The largest absolute Gasteiger partial charge is 0.391 e. The number of nitrogens with zero attached hydrogens (tertiary/aromatic N) is 5. The molecule has 4 atom stereocenters. The molecule has 0 spiro atoms. The highest BCUT2D eigenvalue weighted by atomic mass is 32.1. The number of aryl methyl sites for hydroxylation is 2. The van der Waals surface area contributed by atoms with E-state index in [0.29, 0.717) is 18.6 Å². The average Bonchev–Trinajstić information content (AvgIpc) is 3.62. The predicted octanol–water partition coefficient (Wildman–Crippen LogP) is 3.88. The number of hydrogen-bond acceptors (Lipinski definition) is 6. The van der Waals surface area contributed by atoms with Crippen LogP contribution in [0.5, 0.6) is 0 Å². The summed E-state index contributed by atoms with van der Waals surface area (Å²) < 4.78 is 1.70. The predicted molar refractivity (Wildman–Crippen MR) is 144 cm³/mol. The Kier molecular flexibility index (Phi) is 6.62. The minimum atomic E-state index is -0.806. The summed E-state index contributed by atoms with van der Waals surface area (Å²) >= 11 is 1.60. The van der Waals surface area contributed by atoms with Gasteiger partial charge in [0, 0.05) is 43.9 Å². The van der Waals surface area contributed by atoms with Crippen LogP contribution in [0.3, 0.4) is 0 Å².